The lowest BCUT2D eigenvalue weighted by molar-refractivity contribution is 0.0697. The van der Waals surface area contributed by atoms with E-state index in [0.717, 1.165) is 6.26 Å². The van der Waals surface area contributed by atoms with Gasteiger partial charge >= 0.3 is 5.97 Å². The van der Waals surface area contributed by atoms with Crippen molar-refractivity contribution in [1.82, 2.24) is 0 Å². The fraction of sp³-hybridized carbons (Fsp3) is 0.188. The van der Waals surface area contributed by atoms with Gasteiger partial charge in [-0.25, -0.2) is 13.2 Å². The Morgan fingerprint density at radius 3 is 1.83 bits per heavy atom. The smallest absolute Gasteiger partial charge is 0.335 e. The molecule has 0 amide bonds. The third-order valence-electron chi connectivity index (χ3n) is 2.88. The quantitative estimate of drug-likeness (QED) is 0.707. The molecule has 0 atom stereocenters. The summed E-state index contributed by atoms with van der Waals surface area (Å²) < 4.78 is 35.5. The summed E-state index contributed by atoms with van der Waals surface area (Å²) in [5, 5.41) is 8.80. The van der Waals surface area contributed by atoms with E-state index in [9.17, 15) is 13.2 Å². The first-order chi connectivity index (χ1) is 11.3. The molecular formula is C16H17NO6S. The standard InChI is InChI=1S/C16H17NO6S/c1-24(20,21)17-13-4-8-15(9-5-13)23-11-10-22-14-6-2-12(3-7-14)16(18)19/h2-9,17H,10-11H2,1H3,(H,18,19). The van der Waals surface area contributed by atoms with Crippen LogP contribution in [0.15, 0.2) is 48.5 Å². The number of benzene rings is 2. The first kappa shape index (κ1) is 17.6. The van der Waals surface area contributed by atoms with Crippen LogP contribution in [0.5, 0.6) is 11.5 Å². The maximum absolute atomic E-state index is 11.1. The van der Waals surface area contributed by atoms with E-state index in [4.69, 9.17) is 14.6 Å². The summed E-state index contributed by atoms with van der Waals surface area (Å²) in [5.41, 5.74) is 0.654. The lowest BCUT2D eigenvalue weighted by Gasteiger charge is -2.09. The Morgan fingerprint density at radius 2 is 1.42 bits per heavy atom. The Balaban J connectivity index is 1.77. The molecule has 0 heterocycles. The number of rotatable bonds is 8. The van der Waals surface area contributed by atoms with Crippen molar-refractivity contribution in [2.45, 2.75) is 0 Å². The first-order valence-corrected chi connectivity index (χ1v) is 8.89. The van der Waals surface area contributed by atoms with E-state index in [0.29, 0.717) is 23.8 Å². The predicted molar refractivity (Wildman–Crippen MR) is 89.3 cm³/mol. The van der Waals surface area contributed by atoms with Gasteiger partial charge in [-0.15, -0.1) is 0 Å². The molecule has 2 aromatic carbocycles. The fourth-order valence-corrected chi connectivity index (χ4v) is 2.41. The second kappa shape index (κ2) is 7.69. The highest BCUT2D eigenvalue weighted by Crippen LogP contribution is 2.17. The van der Waals surface area contributed by atoms with Gasteiger partial charge in [-0.3, -0.25) is 4.72 Å². The number of nitrogens with one attached hydrogen (secondary N) is 1. The number of sulfonamides is 1. The van der Waals surface area contributed by atoms with Crippen LogP contribution in [0.25, 0.3) is 0 Å². The average molecular weight is 351 g/mol. The largest absolute Gasteiger partial charge is 0.490 e. The van der Waals surface area contributed by atoms with E-state index >= 15 is 0 Å². The lowest BCUT2D eigenvalue weighted by Crippen LogP contribution is -2.10. The number of anilines is 1. The van der Waals surface area contributed by atoms with Crippen molar-refractivity contribution in [2.24, 2.45) is 0 Å². The molecule has 0 aliphatic heterocycles. The van der Waals surface area contributed by atoms with Crippen molar-refractivity contribution < 1.29 is 27.8 Å². The predicted octanol–water partition coefficient (Wildman–Crippen LogP) is 2.21. The zero-order valence-electron chi connectivity index (χ0n) is 12.9. The van der Waals surface area contributed by atoms with Crippen LogP contribution in [0.3, 0.4) is 0 Å². The molecule has 0 aliphatic rings. The van der Waals surface area contributed by atoms with Gasteiger partial charge < -0.3 is 14.6 Å². The highest BCUT2D eigenvalue weighted by Gasteiger charge is 2.03. The van der Waals surface area contributed by atoms with Crippen LogP contribution in [0.2, 0.25) is 0 Å². The summed E-state index contributed by atoms with van der Waals surface area (Å²) in [6.07, 6.45) is 1.08. The number of carbonyl (C=O) groups is 1. The fourth-order valence-electron chi connectivity index (χ4n) is 1.85. The van der Waals surface area contributed by atoms with Crippen LogP contribution in [0.1, 0.15) is 10.4 Å². The molecule has 128 valence electrons. The molecule has 8 heteroatoms. The molecule has 2 aromatic rings. The van der Waals surface area contributed by atoms with Gasteiger partial charge in [-0.2, -0.15) is 0 Å². The number of carboxylic acids is 1. The van der Waals surface area contributed by atoms with Crippen LogP contribution < -0.4 is 14.2 Å². The SMILES string of the molecule is CS(=O)(=O)Nc1ccc(OCCOc2ccc(C(=O)O)cc2)cc1. The Bertz CT molecular complexity index is 784. The summed E-state index contributed by atoms with van der Waals surface area (Å²) >= 11 is 0. The summed E-state index contributed by atoms with van der Waals surface area (Å²) in [6.45, 7) is 0.579. The monoisotopic (exact) mass is 351 g/mol. The average Bonchev–Trinajstić information content (AvgIpc) is 2.52. The summed E-state index contributed by atoms with van der Waals surface area (Å²) in [7, 11) is -3.30. The normalized spacial score (nSPS) is 10.9. The van der Waals surface area contributed by atoms with Gasteiger partial charge in [0.15, 0.2) is 0 Å². The third kappa shape index (κ3) is 5.81. The highest BCUT2D eigenvalue weighted by atomic mass is 32.2. The molecule has 0 aromatic heterocycles. The van der Waals surface area contributed by atoms with Gasteiger partial charge in [0.25, 0.3) is 0 Å². The number of hydrogen-bond acceptors (Lipinski definition) is 5. The van der Waals surface area contributed by atoms with Gasteiger partial charge in [-0.05, 0) is 48.5 Å². The number of ether oxygens (including phenoxy) is 2. The van der Waals surface area contributed by atoms with E-state index in [1.807, 2.05) is 0 Å². The molecule has 0 unspecified atom stereocenters. The Hall–Kier alpha value is -2.74. The van der Waals surface area contributed by atoms with Crippen LogP contribution in [-0.2, 0) is 10.0 Å². The number of aromatic carboxylic acids is 1. The highest BCUT2D eigenvalue weighted by molar-refractivity contribution is 7.92. The van der Waals surface area contributed by atoms with Crippen LogP contribution in [0.4, 0.5) is 5.69 Å². The molecule has 0 bridgehead atoms. The van der Waals surface area contributed by atoms with Gasteiger partial charge in [0.2, 0.25) is 10.0 Å². The van der Waals surface area contributed by atoms with Gasteiger partial charge in [0.1, 0.15) is 24.7 Å². The van der Waals surface area contributed by atoms with Gasteiger partial charge in [0.05, 0.1) is 11.8 Å². The van der Waals surface area contributed by atoms with Crippen molar-refractivity contribution in [2.75, 3.05) is 24.2 Å². The first-order valence-electron chi connectivity index (χ1n) is 7.00. The van der Waals surface area contributed by atoms with Crippen molar-refractivity contribution in [1.29, 1.82) is 0 Å². The van der Waals surface area contributed by atoms with Crippen LogP contribution in [0, 0.1) is 0 Å². The summed E-state index contributed by atoms with van der Waals surface area (Å²) in [6, 6.07) is 12.6. The van der Waals surface area contributed by atoms with E-state index in [1.165, 1.54) is 12.1 Å². The Morgan fingerprint density at radius 1 is 0.958 bits per heavy atom. The lowest BCUT2D eigenvalue weighted by atomic mass is 10.2. The molecule has 7 nitrogen and oxygen atoms in total. The molecule has 0 radical (unpaired) electrons. The maximum Gasteiger partial charge on any atom is 0.335 e. The van der Waals surface area contributed by atoms with Crippen molar-refractivity contribution >= 4 is 21.7 Å². The molecular weight excluding hydrogens is 334 g/mol. The Labute approximate surface area is 139 Å². The van der Waals surface area contributed by atoms with Gasteiger partial charge in [0, 0.05) is 5.69 Å². The Kier molecular flexibility index (Phi) is 5.64. The molecule has 24 heavy (non-hydrogen) atoms. The molecule has 0 saturated carbocycles. The minimum Gasteiger partial charge on any atom is -0.490 e. The minimum atomic E-state index is -3.30. The number of hydrogen-bond donors (Lipinski definition) is 2. The molecule has 0 spiro atoms. The molecule has 0 aliphatic carbocycles. The topological polar surface area (TPSA) is 102 Å². The van der Waals surface area contributed by atoms with E-state index < -0.39 is 16.0 Å². The number of carboxylic acid groups (broad SMARTS) is 1. The molecule has 2 rings (SSSR count). The van der Waals surface area contributed by atoms with E-state index in [1.54, 1.807) is 36.4 Å². The second-order valence-corrected chi connectivity index (χ2v) is 6.67. The summed E-state index contributed by atoms with van der Waals surface area (Å²) in [4.78, 5) is 10.7. The minimum absolute atomic E-state index is 0.196. The van der Waals surface area contributed by atoms with E-state index in [-0.39, 0.29) is 12.2 Å². The van der Waals surface area contributed by atoms with Crippen molar-refractivity contribution in [3.63, 3.8) is 0 Å². The third-order valence-corrected chi connectivity index (χ3v) is 3.49. The van der Waals surface area contributed by atoms with Crippen LogP contribution >= 0.6 is 0 Å². The van der Waals surface area contributed by atoms with E-state index in [2.05, 4.69) is 4.72 Å². The zero-order valence-corrected chi connectivity index (χ0v) is 13.7. The second-order valence-electron chi connectivity index (χ2n) is 4.93. The van der Waals surface area contributed by atoms with Crippen LogP contribution in [-0.4, -0.2) is 39.0 Å². The molecule has 0 fully saturated rings. The van der Waals surface area contributed by atoms with Gasteiger partial charge in [-0.1, -0.05) is 0 Å². The van der Waals surface area contributed by atoms with Crippen molar-refractivity contribution in [3.05, 3.63) is 54.1 Å². The maximum atomic E-state index is 11.1. The molecule has 2 N–H and O–H groups in total. The van der Waals surface area contributed by atoms with Crippen molar-refractivity contribution in [3.8, 4) is 11.5 Å². The zero-order chi connectivity index (χ0) is 17.6. The molecule has 0 saturated heterocycles. The summed E-state index contributed by atoms with van der Waals surface area (Å²) in [5.74, 6) is 0.147.